The zero-order valence-corrected chi connectivity index (χ0v) is 12.2. The number of hydrogen-bond donors (Lipinski definition) is 2. The van der Waals surface area contributed by atoms with Gasteiger partial charge in [-0.2, -0.15) is 0 Å². The molecule has 3 aromatic rings. The third kappa shape index (κ3) is 3.03. The summed E-state index contributed by atoms with van der Waals surface area (Å²) in [7, 11) is 0. The number of nitrogen functional groups attached to an aromatic ring is 1. The van der Waals surface area contributed by atoms with E-state index in [1.54, 1.807) is 18.3 Å². The Morgan fingerprint density at radius 3 is 2.91 bits per heavy atom. The summed E-state index contributed by atoms with van der Waals surface area (Å²) in [5.41, 5.74) is 9.55. The molecule has 110 valence electrons. The summed E-state index contributed by atoms with van der Waals surface area (Å²) < 4.78 is 0. The van der Waals surface area contributed by atoms with E-state index in [2.05, 4.69) is 15.3 Å². The number of rotatable bonds is 3. The Kier molecular flexibility index (Phi) is 3.70. The van der Waals surface area contributed by atoms with E-state index in [9.17, 15) is 4.79 Å². The molecule has 2 aromatic heterocycles. The molecule has 2 heterocycles. The monoisotopic (exact) mass is 292 g/mol. The van der Waals surface area contributed by atoms with Gasteiger partial charge in [-0.1, -0.05) is 18.2 Å². The minimum atomic E-state index is -0.119. The average molecular weight is 292 g/mol. The highest BCUT2D eigenvalue weighted by atomic mass is 16.1. The molecule has 22 heavy (non-hydrogen) atoms. The van der Waals surface area contributed by atoms with Gasteiger partial charge in [-0.05, 0) is 31.2 Å². The summed E-state index contributed by atoms with van der Waals surface area (Å²) in [4.78, 5) is 20.7. The van der Waals surface area contributed by atoms with Gasteiger partial charge in [0.2, 0.25) is 5.91 Å². The maximum atomic E-state index is 12.1. The number of nitrogens with two attached hydrogens (primary N) is 1. The zero-order valence-electron chi connectivity index (χ0n) is 12.2. The van der Waals surface area contributed by atoms with Gasteiger partial charge in [0.15, 0.2) is 0 Å². The number of benzene rings is 1. The summed E-state index contributed by atoms with van der Waals surface area (Å²) in [6, 6.07) is 13.0. The number of para-hydroxylation sites is 1. The topological polar surface area (TPSA) is 80.9 Å². The van der Waals surface area contributed by atoms with Crippen LogP contribution in [-0.2, 0) is 11.2 Å². The van der Waals surface area contributed by atoms with Gasteiger partial charge in [0, 0.05) is 23.0 Å². The molecular formula is C17H16N4O. The van der Waals surface area contributed by atoms with E-state index < -0.39 is 0 Å². The van der Waals surface area contributed by atoms with E-state index in [0.29, 0.717) is 11.4 Å². The van der Waals surface area contributed by atoms with Crippen molar-refractivity contribution in [1.82, 2.24) is 9.97 Å². The van der Waals surface area contributed by atoms with Gasteiger partial charge in [-0.15, -0.1) is 0 Å². The average Bonchev–Trinajstić information content (AvgIpc) is 2.48. The van der Waals surface area contributed by atoms with Crippen molar-refractivity contribution in [3.05, 3.63) is 60.0 Å². The lowest BCUT2D eigenvalue weighted by Gasteiger charge is -2.07. The lowest BCUT2D eigenvalue weighted by atomic mass is 10.1. The molecule has 0 radical (unpaired) electrons. The number of nitrogens with one attached hydrogen (secondary N) is 1. The number of fused-ring (bicyclic) bond motifs is 1. The van der Waals surface area contributed by atoms with Gasteiger partial charge in [-0.25, -0.2) is 0 Å². The quantitative estimate of drug-likeness (QED) is 0.727. The number of carbonyl (C=O) groups is 1. The van der Waals surface area contributed by atoms with Crippen LogP contribution in [0.25, 0.3) is 10.9 Å². The van der Waals surface area contributed by atoms with Crippen LogP contribution in [0.5, 0.6) is 0 Å². The Balaban J connectivity index is 1.78. The molecule has 1 aromatic carbocycles. The fraction of sp³-hybridized carbons (Fsp3) is 0.118. The summed E-state index contributed by atoms with van der Waals surface area (Å²) in [6.45, 7) is 1.88. The number of hydrogen-bond acceptors (Lipinski definition) is 4. The number of nitrogens with zero attached hydrogens (tertiary/aromatic N) is 2. The second-order valence-electron chi connectivity index (χ2n) is 5.13. The summed E-state index contributed by atoms with van der Waals surface area (Å²) in [6.07, 6.45) is 1.87. The summed E-state index contributed by atoms with van der Waals surface area (Å²) >= 11 is 0. The first-order chi connectivity index (χ1) is 10.6. The highest BCUT2D eigenvalue weighted by Gasteiger charge is 2.07. The molecule has 1 amide bonds. The smallest absolute Gasteiger partial charge is 0.230 e. The maximum Gasteiger partial charge on any atom is 0.230 e. The van der Waals surface area contributed by atoms with E-state index >= 15 is 0 Å². The highest BCUT2D eigenvalue weighted by Crippen LogP contribution is 2.19. The van der Waals surface area contributed by atoms with Crippen LogP contribution in [0.15, 0.2) is 48.7 Å². The standard InChI is InChI=1S/C17H16N4O/c1-11-9-14(7-8-19-11)20-16(22)10-13-6-5-12-3-2-4-15(18)17(12)21-13/h2-9H,10,18H2,1H3,(H,19,20,22). The van der Waals surface area contributed by atoms with Gasteiger partial charge in [0.1, 0.15) is 0 Å². The van der Waals surface area contributed by atoms with E-state index in [1.165, 1.54) is 0 Å². The SMILES string of the molecule is Cc1cc(NC(=O)Cc2ccc3cccc(N)c3n2)ccn1. The molecule has 0 aliphatic heterocycles. The summed E-state index contributed by atoms with van der Waals surface area (Å²) in [5, 5.41) is 3.81. The van der Waals surface area contributed by atoms with E-state index in [1.807, 2.05) is 37.3 Å². The number of aryl methyl sites for hydroxylation is 1. The first-order valence-electron chi connectivity index (χ1n) is 6.98. The van der Waals surface area contributed by atoms with Crippen LogP contribution in [-0.4, -0.2) is 15.9 Å². The van der Waals surface area contributed by atoms with E-state index in [0.717, 1.165) is 22.3 Å². The lowest BCUT2D eigenvalue weighted by molar-refractivity contribution is -0.115. The molecule has 0 aliphatic rings. The third-order valence-corrected chi connectivity index (χ3v) is 3.33. The zero-order chi connectivity index (χ0) is 15.5. The predicted molar refractivity (Wildman–Crippen MR) is 87.5 cm³/mol. The molecule has 0 aliphatic carbocycles. The Morgan fingerprint density at radius 2 is 2.09 bits per heavy atom. The Labute approximate surface area is 128 Å². The second kappa shape index (κ2) is 5.81. The third-order valence-electron chi connectivity index (χ3n) is 3.33. The fourth-order valence-corrected chi connectivity index (χ4v) is 2.30. The van der Waals surface area contributed by atoms with E-state index in [4.69, 9.17) is 5.73 Å². The van der Waals surface area contributed by atoms with Gasteiger partial charge in [0.05, 0.1) is 23.3 Å². The first-order valence-corrected chi connectivity index (χ1v) is 6.98. The van der Waals surface area contributed by atoms with Gasteiger partial charge < -0.3 is 11.1 Å². The number of anilines is 2. The van der Waals surface area contributed by atoms with Crippen molar-refractivity contribution in [2.24, 2.45) is 0 Å². The van der Waals surface area contributed by atoms with Crippen LogP contribution in [0.3, 0.4) is 0 Å². The Hall–Kier alpha value is -2.95. The van der Waals surface area contributed by atoms with Crippen LogP contribution < -0.4 is 11.1 Å². The molecule has 0 spiro atoms. The van der Waals surface area contributed by atoms with Gasteiger partial charge in [-0.3, -0.25) is 14.8 Å². The molecule has 3 rings (SSSR count). The van der Waals surface area contributed by atoms with Crippen molar-refractivity contribution in [3.8, 4) is 0 Å². The Morgan fingerprint density at radius 1 is 1.23 bits per heavy atom. The molecule has 3 N–H and O–H groups in total. The number of amides is 1. The van der Waals surface area contributed by atoms with Crippen LogP contribution in [0.2, 0.25) is 0 Å². The van der Waals surface area contributed by atoms with Crippen LogP contribution in [0.1, 0.15) is 11.4 Å². The molecule has 0 atom stereocenters. The molecule has 5 heteroatoms. The van der Waals surface area contributed by atoms with Crippen molar-refractivity contribution in [3.63, 3.8) is 0 Å². The van der Waals surface area contributed by atoms with Crippen LogP contribution >= 0.6 is 0 Å². The molecule has 0 unspecified atom stereocenters. The molecule has 0 fully saturated rings. The number of pyridine rings is 2. The highest BCUT2D eigenvalue weighted by molar-refractivity contribution is 5.93. The van der Waals surface area contributed by atoms with Crippen molar-refractivity contribution in [1.29, 1.82) is 0 Å². The molecule has 0 bridgehead atoms. The van der Waals surface area contributed by atoms with Crippen molar-refractivity contribution in [2.45, 2.75) is 13.3 Å². The largest absolute Gasteiger partial charge is 0.397 e. The van der Waals surface area contributed by atoms with Crippen LogP contribution in [0.4, 0.5) is 11.4 Å². The van der Waals surface area contributed by atoms with Crippen molar-refractivity contribution >= 4 is 28.2 Å². The number of carbonyl (C=O) groups excluding carboxylic acids is 1. The van der Waals surface area contributed by atoms with Crippen molar-refractivity contribution in [2.75, 3.05) is 11.1 Å². The Bertz CT molecular complexity index is 845. The fourth-order valence-electron chi connectivity index (χ4n) is 2.30. The predicted octanol–water partition coefficient (Wildman–Crippen LogP) is 2.70. The van der Waals surface area contributed by atoms with Gasteiger partial charge >= 0.3 is 0 Å². The number of aromatic nitrogens is 2. The van der Waals surface area contributed by atoms with E-state index in [-0.39, 0.29) is 12.3 Å². The maximum absolute atomic E-state index is 12.1. The second-order valence-corrected chi connectivity index (χ2v) is 5.13. The molecular weight excluding hydrogens is 276 g/mol. The van der Waals surface area contributed by atoms with Gasteiger partial charge in [0.25, 0.3) is 0 Å². The molecule has 0 saturated heterocycles. The first kappa shape index (κ1) is 14.0. The summed E-state index contributed by atoms with van der Waals surface area (Å²) in [5.74, 6) is -0.119. The molecule has 5 nitrogen and oxygen atoms in total. The normalized spacial score (nSPS) is 10.6. The lowest BCUT2D eigenvalue weighted by Crippen LogP contribution is -2.15. The van der Waals surface area contributed by atoms with Crippen molar-refractivity contribution < 1.29 is 4.79 Å². The minimum absolute atomic E-state index is 0.119. The van der Waals surface area contributed by atoms with Crippen LogP contribution in [0, 0.1) is 6.92 Å². The molecule has 0 saturated carbocycles. The minimum Gasteiger partial charge on any atom is -0.397 e.